The van der Waals surface area contributed by atoms with Gasteiger partial charge in [-0.1, -0.05) is 12.1 Å². The second-order valence-electron chi connectivity index (χ2n) is 9.54. The third-order valence-corrected chi connectivity index (χ3v) is 4.00. The molecule has 0 aliphatic carbocycles. The van der Waals surface area contributed by atoms with E-state index in [0.717, 1.165) is 5.56 Å². The smallest absolute Gasteiger partial charge is 0.410 e. The molecule has 2 amide bonds. The Morgan fingerprint density at radius 2 is 1.56 bits per heavy atom. The highest BCUT2D eigenvalue weighted by Crippen LogP contribution is 2.11. The molecule has 0 fully saturated rings. The Morgan fingerprint density at radius 1 is 0.969 bits per heavy atom. The van der Waals surface area contributed by atoms with Gasteiger partial charge in [0.2, 0.25) is 0 Å². The van der Waals surface area contributed by atoms with Crippen molar-refractivity contribution in [3.8, 4) is 0 Å². The molecule has 1 aromatic rings. The van der Waals surface area contributed by atoms with Gasteiger partial charge in [-0.2, -0.15) is 0 Å². The molecular weight excluding hydrogens is 413 g/mol. The van der Waals surface area contributed by atoms with Crippen LogP contribution in [0.15, 0.2) is 29.3 Å². The summed E-state index contributed by atoms with van der Waals surface area (Å²) in [4.78, 5) is 30.3. The average molecular weight is 452 g/mol. The maximum Gasteiger partial charge on any atom is 0.410 e. The van der Waals surface area contributed by atoms with Crippen molar-refractivity contribution in [1.82, 2.24) is 10.2 Å². The van der Waals surface area contributed by atoms with E-state index < -0.39 is 17.3 Å². The number of hydrogen-bond donors (Lipinski definition) is 1. The molecule has 0 unspecified atom stereocenters. The van der Waals surface area contributed by atoms with Gasteiger partial charge in [0.1, 0.15) is 17.0 Å². The van der Waals surface area contributed by atoms with Crippen LogP contribution in [-0.4, -0.2) is 60.7 Å². The summed E-state index contributed by atoms with van der Waals surface area (Å²) in [5.74, 6) is -0.281. The fraction of sp³-hybridized carbons (Fsp3) is 0.625. The molecule has 0 radical (unpaired) electrons. The lowest BCUT2D eigenvalue weighted by Crippen LogP contribution is -2.38. The fourth-order valence-corrected chi connectivity index (χ4v) is 2.62. The number of aliphatic imine (C=N–C) groups is 1. The molecule has 0 spiro atoms. The topological polar surface area (TPSA) is 80.2 Å². The van der Waals surface area contributed by atoms with Crippen molar-refractivity contribution in [3.05, 3.63) is 35.6 Å². The summed E-state index contributed by atoms with van der Waals surface area (Å²) in [7, 11) is 0. The predicted octanol–water partition coefficient (Wildman–Crippen LogP) is 5.18. The minimum Gasteiger partial charge on any atom is -0.444 e. The highest BCUT2D eigenvalue weighted by molar-refractivity contribution is 5.79. The van der Waals surface area contributed by atoms with Gasteiger partial charge in [-0.15, -0.1) is 0 Å². The van der Waals surface area contributed by atoms with E-state index in [1.807, 2.05) is 41.5 Å². The molecule has 1 aromatic carbocycles. The van der Waals surface area contributed by atoms with Gasteiger partial charge in [0.15, 0.2) is 0 Å². The zero-order valence-corrected chi connectivity index (χ0v) is 20.2. The Balaban J connectivity index is 2.44. The quantitative estimate of drug-likeness (QED) is 0.393. The Morgan fingerprint density at radius 3 is 2.16 bits per heavy atom. The maximum absolute atomic E-state index is 12.9. The third kappa shape index (κ3) is 13.6. The van der Waals surface area contributed by atoms with Gasteiger partial charge in [0.05, 0.1) is 0 Å². The third-order valence-electron chi connectivity index (χ3n) is 4.00. The lowest BCUT2D eigenvalue weighted by molar-refractivity contribution is 0.0244. The monoisotopic (exact) mass is 451 g/mol. The number of alkyl carbamates (subject to hydrolysis) is 1. The number of unbranched alkanes of at least 4 members (excludes halogenated alkanes) is 1. The molecule has 0 saturated carbocycles. The summed E-state index contributed by atoms with van der Waals surface area (Å²) in [5, 5.41) is 2.72. The fourth-order valence-electron chi connectivity index (χ4n) is 2.62. The molecule has 0 aliphatic heterocycles. The standard InChI is InChI=1S/C24H38FN3O4/c1-23(2,3)31-21(29)27-15-7-8-16-28(22(30)32-24(4,5)6)17-9-14-26-18-19-10-12-20(25)13-11-19/h10-13,18H,7-9,14-17H2,1-6H3,(H,27,29). The molecule has 7 nitrogen and oxygen atoms in total. The van der Waals surface area contributed by atoms with Crippen molar-refractivity contribution >= 4 is 18.4 Å². The van der Waals surface area contributed by atoms with Crippen LogP contribution in [0.4, 0.5) is 14.0 Å². The van der Waals surface area contributed by atoms with E-state index in [1.54, 1.807) is 23.2 Å². The van der Waals surface area contributed by atoms with Gasteiger partial charge in [0, 0.05) is 32.4 Å². The first-order valence-electron chi connectivity index (χ1n) is 11.1. The van der Waals surface area contributed by atoms with Gasteiger partial charge < -0.3 is 19.7 Å². The summed E-state index contributed by atoms with van der Waals surface area (Å²) in [6.07, 6.45) is 2.99. The second kappa shape index (κ2) is 13.0. The number of hydrogen-bond acceptors (Lipinski definition) is 5. The van der Waals surface area contributed by atoms with Crippen LogP contribution in [0, 0.1) is 5.82 Å². The zero-order valence-electron chi connectivity index (χ0n) is 20.2. The van der Waals surface area contributed by atoms with Crippen LogP contribution in [0.3, 0.4) is 0 Å². The van der Waals surface area contributed by atoms with E-state index in [2.05, 4.69) is 10.3 Å². The molecule has 0 saturated heterocycles. The first-order valence-corrected chi connectivity index (χ1v) is 11.1. The van der Waals surface area contributed by atoms with E-state index in [0.29, 0.717) is 45.4 Å². The van der Waals surface area contributed by atoms with E-state index in [-0.39, 0.29) is 11.9 Å². The molecule has 0 aromatic heterocycles. The summed E-state index contributed by atoms with van der Waals surface area (Å²) in [6.45, 7) is 13.0. The number of ether oxygens (including phenoxy) is 2. The van der Waals surface area contributed by atoms with Gasteiger partial charge in [-0.05, 0) is 78.5 Å². The Hall–Kier alpha value is -2.64. The van der Waals surface area contributed by atoms with Crippen LogP contribution >= 0.6 is 0 Å². The molecule has 0 bridgehead atoms. The van der Waals surface area contributed by atoms with E-state index in [9.17, 15) is 14.0 Å². The average Bonchev–Trinajstić information content (AvgIpc) is 2.64. The number of carbonyl (C=O) groups excluding carboxylic acids is 2. The van der Waals surface area contributed by atoms with Crippen molar-refractivity contribution in [1.29, 1.82) is 0 Å². The number of benzene rings is 1. The van der Waals surface area contributed by atoms with Crippen LogP contribution < -0.4 is 5.32 Å². The molecule has 0 aliphatic rings. The summed E-state index contributed by atoms with van der Waals surface area (Å²) in [5.41, 5.74) is -0.279. The normalized spacial score (nSPS) is 12.0. The maximum atomic E-state index is 12.9. The summed E-state index contributed by atoms with van der Waals surface area (Å²) >= 11 is 0. The highest BCUT2D eigenvalue weighted by Gasteiger charge is 2.21. The number of nitrogens with one attached hydrogen (secondary N) is 1. The highest BCUT2D eigenvalue weighted by atomic mass is 19.1. The molecule has 180 valence electrons. The molecule has 1 N–H and O–H groups in total. The number of carbonyl (C=O) groups is 2. The first kappa shape index (κ1) is 27.4. The Labute approximate surface area is 191 Å². The Kier molecular flexibility index (Phi) is 11.2. The van der Waals surface area contributed by atoms with Gasteiger partial charge in [-0.25, -0.2) is 14.0 Å². The lowest BCUT2D eigenvalue weighted by atomic mass is 10.2. The zero-order chi connectivity index (χ0) is 24.2. The molecule has 1 rings (SSSR count). The predicted molar refractivity (Wildman–Crippen MR) is 125 cm³/mol. The van der Waals surface area contributed by atoms with Crippen LogP contribution in [0.5, 0.6) is 0 Å². The molecule has 8 heteroatoms. The summed E-state index contributed by atoms with van der Waals surface area (Å²) in [6, 6.07) is 6.11. The largest absolute Gasteiger partial charge is 0.444 e. The van der Waals surface area contributed by atoms with Crippen LogP contribution in [0.1, 0.15) is 66.4 Å². The van der Waals surface area contributed by atoms with Crippen LogP contribution in [0.25, 0.3) is 0 Å². The number of nitrogens with zero attached hydrogens (tertiary/aromatic N) is 2. The van der Waals surface area contributed by atoms with E-state index in [4.69, 9.17) is 9.47 Å². The van der Waals surface area contributed by atoms with Crippen molar-refractivity contribution in [2.75, 3.05) is 26.2 Å². The minimum atomic E-state index is -0.575. The number of halogens is 1. The first-order chi connectivity index (χ1) is 14.9. The van der Waals surface area contributed by atoms with Gasteiger partial charge >= 0.3 is 12.2 Å². The second-order valence-corrected chi connectivity index (χ2v) is 9.54. The van der Waals surface area contributed by atoms with Crippen LogP contribution in [-0.2, 0) is 9.47 Å². The van der Waals surface area contributed by atoms with Gasteiger partial charge in [-0.3, -0.25) is 4.99 Å². The van der Waals surface area contributed by atoms with Crippen molar-refractivity contribution in [3.63, 3.8) is 0 Å². The molecular formula is C24H38FN3O4. The van der Waals surface area contributed by atoms with Gasteiger partial charge in [0.25, 0.3) is 0 Å². The number of amides is 2. The van der Waals surface area contributed by atoms with E-state index in [1.165, 1.54) is 12.1 Å². The van der Waals surface area contributed by atoms with E-state index >= 15 is 0 Å². The minimum absolute atomic E-state index is 0.281. The van der Waals surface area contributed by atoms with Crippen molar-refractivity contribution in [2.24, 2.45) is 4.99 Å². The molecule has 32 heavy (non-hydrogen) atoms. The Bertz CT molecular complexity index is 737. The van der Waals surface area contributed by atoms with Crippen molar-refractivity contribution < 1.29 is 23.5 Å². The molecule has 0 heterocycles. The lowest BCUT2D eigenvalue weighted by Gasteiger charge is -2.27. The van der Waals surface area contributed by atoms with Crippen LogP contribution in [0.2, 0.25) is 0 Å². The van der Waals surface area contributed by atoms with Crippen molar-refractivity contribution in [2.45, 2.75) is 72.0 Å². The number of rotatable bonds is 10. The summed E-state index contributed by atoms with van der Waals surface area (Å²) < 4.78 is 23.7. The SMILES string of the molecule is CC(C)(C)OC(=O)NCCCCN(CCCN=Cc1ccc(F)cc1)C(=O)OC(C)(C)C. The molecule has 0 atom stereocenters.